The number of amides is 1. The van der Waals surface area contributed by atoms with Gasteiger partial charge in [0, 0.05) is 6.07 Å². The van der Waals surface area contributed by atoms with E-state index in [4.69, 9.17) is 5.11 Å². The van der Waals surface area contributed by atoms with E-state index >= 15 is 0 Å². The zero-order valence-electron chi connectivity index (χ0n) is 9.20. The molecule has 1 aromatic heterocycles. The van der Waals surface area contributed by atoms with Crippen molar-refractivity contribution in [2.45, 2.75) is 6.92 Å². The van der Waals surface area contributed by atoms with E-state index in [-0.39, 0.29) is 36.9 Å². The summed E-state index contributed by atoms with van der Waals surface area (Å²) in [6, 6.07) is 1.29. The summed E-state index contributed by atoms with van der Waals surface area (Å²) in [6.07, 6.45) is 2.75. The number of ether oxygens (including phenoxy) is 1. The quantitative estimate of drug-likeness (QED) is 0.550. The number of rotatable bonds is 4. The number of H-pyrrole nitrogens is 1. The average Bonchev–Trinajstić information content (AvgIpc) is 2.26. The third-order valence-corrected chi connectivity index (χ3v) is 1.73. The maximum absolute atomic E-state index is 11.5. The maximum atomic E-state index is 11.5. The van der Waals surface area contributed by atoms with E-state index in [1.54, 1.807) is 6.92 Å². The molecule has 0 atom stereocenters. The number of nitrogens with one attached hydrogen (secondary N) is 2. The van der Waals surface area contributed by atoms with Crippen molar-refractivity contribution >= 4 is 11.9 Å². The summed E-state index contributed by atoms with van der Waals surface area (Å²) in [4.78, 5) is 25.0. The van der Waals surface area contributed by atoms with Crippen LogP contribution in [0.15, 0.2) is 18.5 Å². The predicted octanol–water partition coefficient (Wildman–Crippen LogP) is -3.50. The van der Waals surface area contributed by atoms with Gasteiger partial charge < -0.3 is 27.6 Å². The lowest BCUT2D eigenvalue weighted by Gasteiger charge is -2.03. The molecule has 0 fully saturated rings. The van der Waals surface area contributed by atoms with Crippen LogP contribution in [-0.2, 0) is 9.53 Å². The monoisotopic (exact) mass is 260 g/mol. The van der Waals surface area contributed by atoms with E-state index in [9.17, 15) is 9.59 Å². The number of aromatic nitrogens is 1. The third-order valence-electron chi connectivity index (χ3n) is 1.73. The van der Waals surface area contributed by atoms with Crippen molar-refractivity contribution in [3.05, 3.63) is 24.0 Å². The fraction of sp³-hybridized carbons (Fsp3) is 0.300. The SMILES string of the molecule is CCOC(=O)CNC(=O)c1c[nH+]cc(O)c1.[Cl-]. The van der Waals surface area contributed by atoms with Crippen LogP contribution in [0.5, 0.6) is 5.75 Å². The molecule has 0 radical (unpaired) electrons. The summed E-state index contributed by atoms with van der Waals surface area (Å²) in [5.74, 6) is -1.01. The zero-order valence-corrected chi connectivity index (χ0v) is 9.95. The van der Waals surface area contributed by atoms with E-state index in [2.05, 4.69) is 15.0 Å². The number of hydrogen-bond donors (Lipinski definition) is 2. The summed E-state index contributed by atoms with van der Waals surface area (Å²) in [5, 5.41) is 11.5. The van der Waals surface area contributed by atoms with E-state index in [1.165, 1.54) is 18.5 Å². The number of halogens is 1. The molecule has 0 aliphatic rings. The Bertz CT molecular complexity index is 398. The molecule has 6 nitrogen and oxygen atoms in total. The van der Waals surface area contributed by atoms with Crippen LogP contribution in [0.2, 0.25) is 0 Å². The highest BCUT2D eigenvalue weighted by Gasteiger charge is 2.11. The van der Waals surface area contributed by atoms with Gasteiger partial charge in [0.05, 0.1) is 6.61 Å². The Morgan fingerprint density at radius 2 is 2.18 bits per heavy atom. The van der Waals surface area contributed by atoms with E-state index in [0.29, 0.717) is 0 Å². The minimum absolute atomic E-state index is 0. The van der Waals surface area contributed by atoms with Crippen LogP contribution < -0.4 is 22.7 Å². The zero-order chi connectivity index (χ0) is 12.0. The van der Waals surface area contributed by atoms with Crippen LogP contribution in [0, 0.1) is 0 Å². The highest BCUT2D eigenvalue weighted by molar-refractivity contribution is 5.95. The topological polar surface area (TPSA) is 89.8 Å². The van der Waals surface area contributed by atoms with Gasteiger partial charge in [0.25, 0.3) is 5.91 Å². The molecule has 94 valence electrons. The fourth-order valence-corrected chi connectivity index (χ4v) is 1.06. The number of esters is 1. The molecule has 1 heterocycles. The molecule has 0 saturated heterocycles. The van der Waals surface area contributed by atoms with Crippen molar-refractivity contribution in [3.63, 3.8) is 0 Å². The molecule has 17 heavy (non-hydrogen) atoms. The Kier molecular flexibility index (Phi) is 6.65. The average molecular weight is 261 g/mol. The third kappa shape index (κ3) is 5.17. The molecule has 1 rings (SSSR count). The Labute approximate surface area is 104 Å². The van der Waals surface area contributed by atoms with Gasteiger partial charge in [-0.1, -0.05) is 0 Å². The second kappa shape index (κ2) is 7.45. The number of aromatic amines is 1. The molecule has 0 aromatic carbocycles. The van der Waals surface area contributed by atoms with Gasteiger partial charge in [0.1, 0.15) is 12.1 Å². The molecular weight excluding hydrogens is 248 g/mol. The second-order valence-electron chi connectivity index (χ2n) is 2.97. The highest BCUT2D eigenvalue weighted by atomic mass is 35.5. The Morgan fingerprint density at radius 3 is 2.76 bits per heavy atom. The first-order chi connectivity index (χ1) is 7.63. The van der Waals surface area contributed by atoms with Crippen LogP contribution in [0.4, 0.5) is 0 Å². The summed E-state index contributed by atoms with van der Waals surface area (Å²) in [6.45, 7) is 1.76. The molecule has 3 N–H and O–H groups in total. The lowest BCUT2D eigenvalue weighted by molar-refractivity contribution is -0.379. The van der Waals surface area contributed by atoms with Crippen LogP contribution in [0.25, 0.3) is 0 Å². The normalized spacial score (nSPS) is 9.00. The van der Waals surface area contributed by atoms with Gasteiger partial charge in [-0.05, 0) is 6.92 Å². The van der Waals surface area contributed by atoms with Crippen LogP contribution in [-0.4, -0.2) is 30.1 Å². The van der Waals surface area contributed by atoms with Crippen molar-refractivity contribution in [2.24, 2.45) is 0 Å². The first kappa shape index (κ1) is 15.2. The van der Waals surface area contributed by atoms with E-state index in [0.717, 1.165) is 0 Å². The summed E-state index contributed by atoms with van der Waals surface area (Å²) in [5.41, 5.74) is 0.240. The number of aromatic hydroxyl groups is 1. The molecule has 0 saturated carbocycles. The fourth-order valence-electron chi connectivity index (χ4n) is 1.06. The van der Waals surface area contributed by atoms with Crippen molar-refractivity contribution in [1.29, 1.82) is 0 Å². The Balaban J connectivity index is 0.00000256. The minimum atomic E-state index is -0.500. The molecular formula is C10H13ClN2O4. The number of hydrogen-bond acceptors (Lipinski definition) is 4. The summed E-state index contributed by atoms with van der Waals surface area (Å²) in [7, 11) is 0. The lowest BCUT2D eigenvalue weighted by Crippen LogP contribution is -3.00. The summed E-state index contributed by atoms with van der Waals surface area (Å²) >= 11 is 0. The van der Waals surface area contributed by atoms with Crippen molar-refractivity contribution < 1.29 is 36.8 Å². The molecule has 7 heteroatoms. The van der Waals surface area contributed by atoms with E-state index < -0.39 is 11.9 Å². The molecule has 0 aliphatic heterocycles. The Morgan fingerprint density at radius 1 is 1.47 bits per heavy atom. The van der Waals surface area contributed by atoms with E-state index in [1.807, 2.05) is 0 Å². The van der Waals surface area contributed by atoms with Crippen LogP contribution >= 0.6 is 0 Å². The first-order valence-electron chi connectivity index (χ1n) is 4.77. The molecule has 1 aromatic rings. The minimum Gasteiger partial charge on any atom is -1.00 e. The smallest absolute Gasteiger partial charge is 0.325 e. The number of carbonyl (C=O) groups is 2. The van der Waals surface area contributed by atoms with Gasteiger partial charge in [0.15, 0.2) is 11.9 Å². The van der Waals surface area contributed by atoms with Crippen LogP contribution in [0.3, 0.4) is 0 Å². The Hall–Kier alpha value is -1.82. The standard InChI is InChI=1S/C10H12N2O4.ClH/c1-2-16-9(14)6-12-10(15)7-3-8(13)5-11-4-7;/h3-5,13H,2,6H2,1H3,(H,12,15);1H. The van der Waals surface area contributed by atoms with Crippen LogP contribution in [0.1, 0.15) is 17.3 Å². The largest absolute Gasteiger partial charge is 1.00 e. The van der Waals surface area contributed by atoms with Gasteiger partial charge in [-0.2, -0.15) is 0 Å². The summed E-state index contributed by atoms with van der Waals surface area (Å²) < 4.78 is 4.64. The van der Waals surface area contributed by atoms with Gasteiger partial charge >= 0.3 is 5.97 Å². The second-order valence-corrected chi connectivity index (χ2v) is 2.97. The van der Waals surface area contributed by atoms with Gasteiger partial charge in [-0.25, -0.2) is 4.98 Å². The first-order valence-corrected chi connectivity index (χ1v) is 4.77. The van der Waals surface area contributed by atoms with Gasteiger partial charge in [-0.3, -0.25) is 9.59 Å². The van der Waals surface area contributed by atoms with Gasteiger partial charge in [0.2, 0.25) is 6.20 Å². The van der Waals surface area contributed by atoms with Crippen molar-refractivity contribution in [2.75, 3.05) is 13.2 Å². The van der Waals surface area contributed by atoms with Crippen molar-refractivity contribution in [1.82, 2.24) is 5.32 Å². The molecule has 0 unspecified atom stereocenters. The molecule has 0 spiro atoms. The maximum Gasteiger partial charge on any atom is 0.325 e. The number of carbonyl (C=O) groups excluding carboxylic acids is 2. The predicted molar refractivity (Wildman–Crippen MR) is 53.6 cm³/mol. The van der Waals surface area contributed by atoms with Crippen molar-refractivity contribution in [3.8, 4) is 5.75 Å². The molecule has 1 amide bonds. The highest BCUT2D eigenvalue weighted by Crippen LogP contribution is 2.05. The number of pyridine rings is 1. The van der Waals surface area contributed by atoms with Gasteiger partial charge in [-0.15, -0.1) is 0 Å². The molecule has 0 aliphatic carbocycles. The lowest BCUT2D eigenvalue weighted by atomic mass is 10.2. The molecule has 0 bridgehead atoms.